The van der Waals surface area contributed by atoms with Gasteiger partial charge in [-0.15, -0.1) is 0 Å². The third kappa shape index (κ3) is 1.97. The van der Waals surface area contributed by atoms with Gasteiger partial charge in [-0.05, 0) is 33.6 Å². The van der Waals surface area contributed by atoms with E-state index in [1.54, 1.807) is 20.8 Å². The molecular formula is C11H18O3. The molecule has 0 atom stereocenters. The lowest BCUT2D eigenvalue weighted by molar-refractivity contribution is -0.160. The monoisotopic (exact) mass is 198 g/mol. The summed E-state index contributed by atoms with van der Waals surface area (Å²) in [6.07, 6.45) is 2.97. The molecule has 1 rings (SSSR count). The van der Waals surface area contributed by atoms with Gasteiger partial charge in [0.05, 0.1) is 6.61 Å². The molecule has 3 nitrogen and oxygen atoms in total. The van der Waals surface area contributed by atoms with E-state index in [2.05, 4.69) is 0 Å². The predicted molar refractivity (Wildman–Crippen MR) is 52.8 cm³/mol. The van der Waals surface area contributed by atoms with Crippen molar-refractivity contribution >= 4 is 11.8 Å². The van der Waals surface area contributed by atoms with Crippen LogP contribution in [0.15, 0.2) is 0 Å². The second-order valence-electron chi connectivity index (χ2n) is 4.34. The summed E-state index contributed by atoms with van der Waals surface area (Å²) in [5.74, 6) is -0.256. The maximum atomic E-state index is 11.9. The van der Waals surface area contributed by atoms with Crippen molar-refractivity contribution in [3.8, 4) is 0 Å². The number of rotatable bonds is 4. The van der Waals surface area contributed by atoms with Crippen molar-refractivity contribution in [2.75, 3.05) is 6.61 Å². The van der Waals surface area contributed by atoms with Crippen LogP contribution in [0.2, 0.25) is 0 Å². The molecule has 1 aliphatic rings. The van der Waals surface area contributed by atoms with Crippen molar-refractivity contribution in [2.45, 2.75) is 40.0 Å². The van der Waals surface area contributed by atoms with Gasteiger partial charge in [0, 0.05) is 5.92 Å². The van der Waals surface area contributed by atoms with Crippen LogP contribution in [0.3, 0.4) is 0 Å². The summed E-state index contributed by atoms with van der Waals surface area (Å²) in [7, 11) is 0. The summed E-state index contributed by atoms with van der Waals surface area (Å²) < 4.78 is 4.89. The molecule has 0 radical (unpaired) electrons. The molecule has 80 valence electrons. The Kier molecular flexibility index (Phi) is 3.29. The SMILES string of the molecule is CCOC(=O)C(C)(C)C(=O)C1CCC1. The van der Waals surface area contributed by atoms with E-state index in [9.17, 15) is 9.59 Å². The Morgan fingerprint density at radius 1 is 1.36 bits per heavy atom. The van der Waals surface area contributed by atoms with Crippen LogP contribution in [-0.2, 0) is 14.3 Å². The van der Waals surface area contributed by atoms with Gasteiger partial charge in [0.15, 0.2) is 5.78 Å². The van der Waals surface area contributed by atoms with Crippen molar-refractivity contribution in [3.63, 3.8) is 0 Å². The fraction of sp³-hybridized carbons (Fsp3) is 0.818. The number of Topliss-reactive ketones (excluding diaryl/α,β-unsaturated/α-hetero) is 1. The molecule has 0 aromatic rings. The molecule has 0 aromatic carbocycles. The first-order valence-electron chi connectivity index (χ1n) is 5.21. The van der Waals surface area contributed by atoms with E-state index in [-0.39, 0.29) is 11.7 Å². The highest BCUT2D eigenvalue weighted by atomic mass is 16.5. The van der Waals surface area contributed by atoms with E-state index in [0.29, 0.717) is 6.61 Å². The third-order valence-electron chi connectivity index (χ3n) is 2.88. The number of hydrogen-bond acceptors (Lipinski definition) is 3. The van der Waals surface area contributed by atoms with Crippen LogP contribution in [-0.4, -0.2) is 18.4 Å². The highest BCUT2D eigenvalue weighted by Gasteiger charge is 2.42. The van der Waals surface area contributed by atoms with Crippen LogP contribution < -0.4 is 0 Å². The largest absolute Gasteiger partial charge is 0.465 e. The number of carbonyl (C=O) groups is 2. The van der Waals surface area contributed by atoms with E-state index in [1.165, 1.54) is 0 Å². The lowest BCUT2D eigenvalue weighted by atomic mass is 9.72. The smallest absolute Gasteiger partial charge is 0.319 e. The average molecular weight is 198 g/mol. The third-order valence-corrected chi connectivity index (χ3v) is 2.88. The number of carbonyl (C=O) groups excluding carboxylic acids is 2. The molecule has 0 aliphatic heterocycles. The van der Waals surface area contributed by atoms with Crippen LogP contribution in [0.5, 0.6) is 0 Å². The molecule has 0 heterocycles. The van der Waals surface area contributed by atoms with Gasteiger partial charge in [0.2, 0.25) is 0 Å². The molecule has 0 aromatic heterocycles. The molecule has 14 heavy (non-hydrogen) atoms. The van der Waals surface area contributed by atoms with Crippen LogP contribution in [0, 0.1) is 11.3 Å². The summed E-state index contributed by atoms with van der Waals surface area (Å²) >= 11 is 0. The minimum absolute atomic E-state index is 0.0437. The summed E-state index contributed by atoms with van der Waals surface area (Å²) in [5.41, 5.74) is -0.957. The summed E-state index contributed by atoms with van der Waals surface area (Å²) in [5, 5.41) is 0. The highest BCUT2D eigenvalue weighted by Crippen LogP contribution is 2.34. The van der Waals surface area contributed by atoms with Gasteiger partial charge in [0.25, 0.3) is 0 Å². The molecule has 0 amide bonds. The summed E-state index contributed by atoms with van der Waals surface area (Å²) in [6, 6.07) is 0. The van der Waals surface area contributed by atoms with Crippen molar-refractivity contribution < 1.29 is 14.3 Å². The molecule has 0 N–H and O–H groups in total. The fourth-order valence-electron chi connectivity index (χ4n) is 1.59. The van der Waals surface area contributed by atoms with Crippen LogP contribution >= 0.6 is 0 Å². The van der Waals surface area contributed by atoms with E-state index in [1.807, 2.05) is 0 Å². The minimum atomic E-state index is -0.957. The van der Waals surface area contributed by atoms with Gasteiger partial charge in [-0.25, -0.2) is 0 Å². The normalized spacial score (nSPS) is 17.4. The molecule has 0 bridgehead atoms. The minimum Gasteiger partial charge on any atom is -0.465 e. The van der Waals surface area contributed by atoms with Gasteiger partial charge in [-0.2, -0.15) is 0 Å². The number of ether oxygens (including phenoxy) is 1. The topological polar surface area (TPSA) is 43.4 Å². The van der Waals surface area contributed by atoms with E-state index in [0.717, 1.165) is 19.3 Å². The van der Waals surface area contributed by atoms with Crippen LogP contribution in [0.1, 0.15) is 40.0 Å². The zero-order chi connectivity index (χ0) is 10.8. The number of ketones is 1. The first kappa shape index (κ1) is 11.2. The first-order valence-corrected chi connectivity index (χ1v) is 5.21. The molecule has 1 saturated carbocycles. The lowest BCUT2D eigenvalue weighted by Gasteiger charge is -2.31. The highest BCUT2D eigenvalue weighted by molar-refractivity contribution is 6.04. The van der Waals surface area contributed by atoms with Gasteiger partial charge in [-0.1, -0.05) is 6.42 Å². The Morgan fingerprint density at radius 3 is 2.29 bits per heavy atom. The van der Waals surface area contributed by atoms with Crippen molar-refractivity contribution in [1.82, 2.24) is 0 Å². The maximum Gasteiger partial charge on any atom is 0.319 e. The van der Waals surface area contributed by atoms with Crippen molar-refractivity contribution in [3.05, 3.63) is 0 Å². The van der Waals surface area contributed by atoms with Crippen molar-refractivity contribution in [2.24, 2.45) is 11.3 Å². The number of esters is 1. The van der Waals surface area contributed by atoms with E-state index >= 15 is 0 Å². The molecule has 1 fully saturated rings. The Balaban J connectivity index is 2.62. The molecule has 1 aliphatic carbocycles. The first-order chi connectivity index (χ1) is 6.50. The van der Waals surface area contributed by atoms with Gasteiger partial charge < -0.3 is 4.74 Å². The second kappa shape index (κ2) is 4.11. The Morgan fingerprint density at radius 2 is 1.93 bits per heavy atom. The predicted octanol–water partition coefficient (Wildman–Crippen LogP) is 1.94. The van der Waals surface area contributed by atoms with Gasteiger partial charge >= 0.3 is 5.97 Å². The second-order valence-corrected chi connectivity index (χ2v) is 4.34. The Hall–Kier alpha value is -0.860. The Bertz CT molecular complexity index is 239. The lowest BCUT2D eigenvalue weighted by Crippen LogP contribution is -2.41. The molecular weight excluding hydrogens is 180 g/mol. The standard InChI is InChI=1S/C11H18O3/c1-4-14-10(13)11(2,3)9(12)8-6-5-7-8/h8H,4-7H2,1-3H3. The van der Waals surface area contributed by atoms with E-state index < -0.39 is 11.4 Å². The molecule has 0 saturated heterocycles. The van der Waals surface area contributed by atoms with Gasteiger partial charge in [-0.3, -0.25) is 9.59 Å². The van der Waals surface area contributed by atoms with Crippen LogP contribution in [0.4, 0.5) is 0 Å². The van der Waals surface area contributed by atoms with Crippen LogP contribution in [0.25, 0.3) is 0 Å². The average Bonchev–Trinajstić information content (AvgIpc) is 2.01. The molecule has 3 heteroatoms. The molecule has 0 unspecified atom stereocenters. The van der Waals surface area contributed by atoms with Crippen molar-refractivity contribution in [1.29, 1.82) is 0 Å². The summed E-state index contributed by atoms with van der Waals surface area (Å²) in [6.45, 7) is 5.40. The van der Waals surface area contributed by atoms with Gasteiger partial charge in [0.1, 0.15) is 5.41 Å². The zero-order valence-corrected chi connectivity index (χ0v) is 9.13. The number of hydrogen-bond donors (Lipinski definition) is 0. The van der Waals surface area contributed by atoms with E-state index in [4.69, 9.17) is 4.74 Å². The zero-order valence-electron chi connectivity index (χ0n) is 9.13. The fourth-order valence-corrected chi connectivity index (χ4v) is 1.59. The maximum absolute atomic E-state index is 11.9. The quantitative estimate of drug-likeness (QED) is 0.512. The molecule has 0 spiro atoms. The summed E-state index contributed by atoms with van der Waals surface area (Å²) in [4.78, 5) is 23.4. The Labute approximate surface area is 84.8 Å².